The van der Waals surface area contributed by atoms with E-state index in [1.807, 2.05) is 6.08 Å². The van der Waals surface area contributed by atoms with E-state index < -0.39 is 0 Å². The number of hydrogen-bond donors (Lipinski definition) is 0. The highest BCUT2D eigenvalue weighted by Crippen LogP contribution is 2.12. The summed E-state index contributed by atoms with van der Waals surface area (Å²) in [6.45, 7) is 6.60. The maximum Gasteiger partial charge on any atom is 0.169 e. The Hall–Kier alpha value is -0.790. The van der Waals surface area contributed by atoms with Crippen molar-refractivity contribution in [3.8, 4) is 0 Å². The van der Waals surface area contributed by atoms with Crippen LogP contribution in [0.1, 0.15) is 13.3 Å². The van der Waals surface area contributed by atoms with Crippen LogP contribution in [0.3, 0.4) is 0 Å². The summed E-state index contributed by atoms with van der Waals surface area (Å²) in [5, 5.41) is 0. The number of nitrogens with zero attached hydrogens (tertiary/aromatic N) is 1. The molecule has 0 aromatic rings. The standard InChI is InChI=1S/C8H13NO/c1-3-7(2)4-8-5-10-6-9-8/h3,6-8H,1,4-5H2,2H3. The van der Waals surface area contributed by atoms with Gasteiger partial charge in [-0.15, -0.1) is 6.58 Å². The third-order valence-electron chi connectivity index (χ3n) is 1.68. The van der Waals surface area contributed by atoms with E-state index in [1.165, 1.54) is 0 Å². The van der Waals surface area contributed by atoms with Gasteiger partial charge in [-0.2, -0.15) is 0 Å². The normalized spacial score (nSPS) is 25.9. The van der Waals surface area contributed by atoms with Gasteiger partial charge in [0.05, 0.1) is 6.04 Å². The zero-order valence-corrected chi connectivity index (χ0v) is 6.29. The number of hydrogen-bond acceptors (Lipinski definition) is 2. The van der Waals surface area contributed by atoms with Crippen LogP contribution < -0.4 is 0 Å². The smallest absolute Gasteiger partial charge is 0.169 e. The second-order valence-electron chi connectivity index (χ2n) is 2.69. The monoisotopic (exact) mass is 139 g/mol. The lowest BCUT2D eigenvalue weighted by atomic mass is 10.0. The van der Waals surface area contributed by atoms with Crippen molar-refractivity contribution in [2.24, 2.45) is 10.9 Å². The molecule has 0 fully saturated rings. The summed E-state index contributed by atoms with van der Waals surface area (Å²) in [7, 11) is 0. The van der Waals surface area contributed by atoms with Crippen molar-refractivity contribution in [1.29, 1.82) is 0 Å². The summed E-state index contributed by atoms with van der Waals surface area (Å²) < 4.78 is 4.98. The van der Waals surface area contributed by atoms with E-state index in [-0.39, 0.29) is 0 Å². The summed E-state index contributed by atoms with van der Waals surface area (Å²) in [6, 6.07) is 0.369. The predicted octanol–water partition coefficient (Wildman–Crippen LogP) is 1.63. The predicted molar refractivity (Wildman–Crippen MR) is 42.2 cm³/mol. The highest BCUT2D eigenvalue weighted by Gasteiger charge is 2.13. The van der Waals surface area contributed by atoms with Gasteiger partial charge in [-0.1, -0.05) is 13.0 Å². The fourth-order valence-corrected chi connectivity index (χ4v) is 0.981. The minimum atomic E-state index is 0.369. The van der Waals surface area contributed by atoms with Crippen molar-refractivity contribution >= 4 is 6.40 Å². The van der Waals surface area contributed by atoms with Crippen molar-refractivity contribution in [1.82, 2.24) is 0 Å². The Morgan fingerprint density at radius 3 is 3.30 bits per heavy atom. The first kappa shape index (κ1) is 7.32. The third-order valence-corrected chi connectivity index (χ3v) is 1.68. The van der Waals surface area contributed by atoms with Crippen molar-refractivity contribution in [2.75, 3.05) is 6.61 Å². The molecule has 0 amide bonds. The van der Waals surface area contributed by atoms with Gasteiger partial charge >= 0.3 is 0 Å². The Labute approximate surface area is 61.6 Å². The molecule has 2 nitrogen and oxygen atoms in total. The van der Waals surface area contributed by atoms with Gasteiger partial charge in [-0.3, -0.25) is 4.99 Å². The average Bonchev–Trinajstić information content (AvgIpc) is 2.40. The first-order chi connectivity index (χ1) is 4.83. The van der Waals surface area contributed by atoms with Crippen LogP contribution in [0.5, 0.6) is 0 Å². The van der Waals surface area contributed by atoms with Crippen molar-refractivity contribution in [3.63, 3.8) is 0 Å². The van der Waals surface area contributed by atoms with Crippen LogP contribution in [0.25, 0.3) is 0 Å². The molecule has 0 spiro atoms. The van der Waals surface area contributed by atoms with Gasteiger partial charge in [0.25, 0.3) is 0 Å². The van der Waals surface area contributed by atoms with E-state index in [2.05, 4.69) is 18.5 Å². The van der Waals surface area contributed by atoms with Gasteiger partial charge in [0.15, 0.2) is 6.40 Å². The molecule has 2 heteroatoms. The Morgan fingerprint density at radius 1 is 2.00 bits per heavy atom. The molecule has 0 radical (unpaired) electrons. The zero-order chi connectivity index (χ0) is 7.40. The van der Waals surface area contributed by atoms with Crippen LogP contribution in [0.15, 0.2) is 17.6 Å². The summed E-state index contributed by atoms with van der Waals surface area (Å²) in [5.41, 5.74) is 0. The van der Waals surface area contributed by atoms with E-state index in [4.69, 9.17) is 4.74 Å². The molecule has 1 aliphatic heterocycles. The second-order valence-corrected chi connectivity index (χ2v) is 2.69. The topological polar surface area (TPSA) is 21.6 Å². The molecule has 56 valence electrons. The zero-order valence-electron chi connectivity index (χ0n) is 6.29. The molecule has 1 aliphatic rings. The fraction of sp³-hybridized carbons (Fsp3) is 0.625. The second kappa shape index (κ2) is 3.40. The van der Waals surface area contributed by atoms with Gasteiger partial charge < -0.3 is 4.74 Å². The van der Waals surface area contributed by atoms with Crippen LogP contribution in [0, 0.1) is 5.92 Å². The summed E-state index contributed by atoms with van der Waals surface area (Å²) in [6.07, 6.45) is 4.55. The lowest BCUT2D eigenvalue weighted by Gasteiger charge is -2.07. The van der Waals surface area contributed by atoms with Crippen LogP contribution in [-0.2, 0) is 4.74 Å². The summed E-state index contributed by atoms with van der Waals surface area (Å²) >= 11 is 0. The molecular formula is C8H13NO. The molecule has 0 saturated heterocycles. The van der Waals surface area contributed by atoms with E-state index >= 15 is 0 Å². The summed E-state index contributed by atoms with van der Waals surface area (Å²) in [5.74, 6) is 0.545. The molecule has 1 heterocycles. The van der Waals surface area contributed by atoms with Gasteiger partial charge in [0.1, 0.15) is 6.61 Å². The Kier molecular flexibility index (Phi) is 2.49. The van der Waals surface area contributed by atoms with E-state index in [1.54, 1.807) is 6.40 Å². The third kappa shape index (κ3) is 1.87. The Bertz CT molecular complexity index is 142. The van der Waals surface area contributed by atoms with Crippen LogP contribution >= 0.6 is 0 Å². The SMILES string of the molecule is C=CC(C)CC1COC=N1. The largest absolute Gasteiger partial charge is 0.481 e. The van der Waals surface area contributed by atoms with Gasteiger partial charge in [0.2, 0.25) is 0 Å². The van der Waals surface area contributed by atoms with Crippen LogP contribution in [0.2, 0.25) is 0 Å². The Balaban J connectivity index is 2.24. The van der Waals surface area contributed by atoms with Crippen molar-refractivity contribution < 1.29 is 4.74 Å². The van der Waals surface area contributed by atoms with Crippen molar-refractivity contribution in [2.45, 2.75) is 19.4 Å². The van der Waals surface area contributed by atoms with E-state index in [9.17, 15) is 0 Å². The molecule has 0 aromatic carbocycles. The first-order valence-electron chi connectivity index (χ1n) is 3.58. The van der Waals surface area contributed by atoms with E-state index in [0.717, 1.165) is 13.0 Å². The maximum absolute atomic E-state index is 4.98. The molecule has 0 aliphatic carbocycles. The molecule has 0 bridgehead atoms. The molecule has 1 rings (SSSR count). The minimum Gasteiger partial charge on any atom is -0.481 e. The lowest BCUT2D eigenvalue weighted by Crippen LogP contribution is -2.09. The van der Waals surface area contributed by atoms with Gasteiger partial charge in [-0.05, 0) is 12.3 Å². The highest BCUT2D eigenvalue weighted by molar-refractivity contribution is 5.48. The summed E-state index contributed by atoms with van der Waals surface area (Å²) in [4.78, 5) is 4.13. The Morgan fingerprint density at radius 2 is 2.80 bits per heavy atom. The lowest BCUT2D eigenvalue weighted by molar-refractivity contribution is 0.314. The first-order valence-corrected chi connectivity index (χ1v) is 3.58. The minimum absolute atomic E-state index is 0.369. The molecule has 2 atom stereocenters. The molecule has 2 unspecified atom stereocenters. The molecule has 0 N–H and O–H groups in total. The number of ether oxygens (including phenoxy) is 1. The van der Waals surface area contributed by atoms with Gasteiger partial charge in [-0.25, -0.2) is 0 Å². The maximum atomic E-state index is 4.98. The number of rotatable bonds is 3. The average molecular weight is 139 g/mol. The molecular weight excluding hydrogens is 126 g/mol. The van der Waals surface area contributed by atoms with Crippen LogP contribution in [-0.4, -0.2) is 19.0 Å². The quantitative estimate of drug-likeness (QED) is 0.544. The van der Waals surface area contributed by atoms with Gasteiger partial charge in [0, 0.05) is 0 Å². The molecule has 0 aromatic heterocycles. The molecule has 0 saturated carbocycles. The molecule has 10 heavy (non-hydrogen) atoms. The number of allylic oxidation sites excluding steroid dienone is 1. The highest BCUT2D eigenvalue weighted by atomic mass is 16.5. The van der Waals surface area contributed by atoms with Crippen LogP contribution in [0.4, 0.5) is 0 Å². The van der Waals surface area contributed by atoms with Crippen molar-refractivity contribution in [3.05, 3.63) is 12.7 Å². The van der Waals surface area contributed by atoms with E-state index in [0.29, 0.717) is 12.0 Å². The fourth-order valence-electron chi connectivity index (χ4n) is 0.981. The number of aliphatic imine (C=N–C) groups is 1.